The highest BCUT2D eigenvalue weighted by atomic mass is 16.2. The first-order chi connectivity index (χ1) is 12.0. The third-order valence-electron chi connectivity index (χ3n) is 3.83. The maximum atomic E-state index is 12.2. The first-order valence-electron chi connectivity index (χ1n) is 7.69. The predicted molar refractivity (Wildman–Crippen MR) is 98.1 cm³/mol. The highest BCUT2D eigenvalue weighted by Gasteiger charge is 2.16. The number of anilines is 1. The molecule has 1 aromatic carbocycles. The molecule has 0 aliphatic rings. The molecule has 0 saturated carbocycles. The van der Waals surface area contributed by atoms with Crippen molar-refractivity contribution in [1.29, 1.82) is 0 Å². The molecule has 0 fully saturated rings. The van der Waals surface area contributed by atoms with E-state index in [-0.39, 0.29) is 11.2 Å². The zero-order chi connectivity index (χ0) is 18.0. The molecule has 25 heavy (non-hydrogen) atoms. The largest absolute Gasteiger partial charge is 0.329 e. The molecule has 0 aliphatic heterocycles. The van der Waals surface area contributed by atoms with Crippen LogP contribution in [-0.4, -0.2) is 24.8 Å². The molecule has 0 saturated heterocycles. The summed E-state index contributed by atoms with van der Waals surface area (Å²) in [5.74, 6) is 0.358. The lowest BCUT2D eigenvalue weighted by molar-refractivity contribution is 0.819. The summed E-state index contributed by atoms with van der Waals surface area (Å²) in [6.07, 6.45) is 1.64. The maximum absolute atomic E-state index is 12.2. The minimum atomic E-state index is -0.517. The van der Waals surface area contributed by atoms with Crippen LogP contribution in [0.2, 0.25) is 0 Å². The Bertz CT molecular complexity index is 1070. The van der Waals surface area contributed by atoms with E-state index in [1.807, 2.05) is 37.3 Å². The molecular formula is C17H18N6O2. The number of imidazole rings is 1. The second kappa shape index (κ2) is 6.60. The van der Waals surface area contributed by atoms with Crippen LogP contribution in [0.5, 0.6) is 0 Å². The number of hydrogen-bond donors (Lipinski definition) is 2. The third kappa shape index (κ3) is 3.01. The molecule has 8 heteroatoms. The molecule has 0 spiro atoms. The minimum absolute atomic E-state index is 0.283. The van der Waals surface area contributed by atoms with Gasteiger partial charge < -0.3 is 0 Å². The predicted octanol–water partition coefficient (Wildman–Crippen LogP) is 1.45. The smallest absolute Gasteiger partial charge is 0.299 e. The van der Waals surface area contributed by atoms with Crippen LogP contribution in [0.1, 0.15) is 12.5 Å². The Morgan fingerprint density at radius 1 is 1.36 bits per heavy atom. The average molecular weight is 338 g/mol. The van der Waals surface area contributed by atoms with Crippen molar-refractivity contribution in [3.05, 3.63) is 69.4 Å². The molecule has 0 amide bonds. The molecule has 2 aromatic heterocycles. The van der Waals surface area contributed by atoms with Gasteiger partial charge in [0, 0.05) is 13.6 Å². The molecule has 0 radical (unpaired) electrons. The van der Waals surface area contributed by atoms with Crippen LogP contribution in [0, 0.1) is 0 Å². The number of benzene rings is 1. The molecule has 2 heterocycles. The summed E-state index contributed by atoms with van der Waals surface area (Å²) in [6.45, 7) is 5.92. The SMILES string of the molecule is C=CCn1c(NN=C(C)c2ccccc2)nc2c1c(=O)[nH]c(=O)n2C. The topological polar surface area (TPSA) is 97.1 Å². The van der Waals surface area contributed by atoms with Gasteiger partial charge in [0.25, 0.3) is 5.56 Å². The number of fused-ring (bicyclic) bond motifs is 1. The first-order valence-corrected chi connectivity index (χ1v) is 7.69. The Morgan fingerprint density at radius 3 is 2.76 bits per heavy atom. The van der Waals surface area contributed by atoms with Gasteiger partial charge in [-0.1, -0.05) is 36.4 Å². The number of aromatic nitrogens is 4. The normalized spacial score (nSPS) is 11.7. The summed E-state index contributed by atoms with van der Waals surface area (Å²) in [7, 11) is 1.55. The van der Waals surface area contributed by atoms with Gasteiger partial charge in [0.15, 0.2) is 11.2 Å². The molecule has 8 nitrogen and oxygen atoms in total. The number of H-pyrrole nitrogens is 1. The Hall–Kier alpha value is -3.42. The molecule has 128 valence electrons. The van der Waals surface area contributed by atoms with E-state index < -0.39 is 11.2 Å². The van der Waals surface area contributed by atoms with E-state index in [9.17, 15) is 9.59 Å². The fourth-order valence-electron chi connectivity index (χ4n) is 2.50. The van der Waals surface area contributed by atoms with Gasteiger partial charge in [-0.2, -0.15) is 10.1 Å². The van der Waals surface area contributed by atoms with E-state index in [1.165, 1.54) is 4.57 Å². The number of nitrogens with zero attached hydrogens (tertiary/aromatic N) is 4. The van der Waals surface area contributed by atoms with Crippen LogP contribution in [-0.2, 0) is 13.6 Å². The second-order valence-corrected chi connectivity index (χ2v) is 5.50. The number of nitrogens with one attached hydrogen (secondary N) is 2. The summed E-state index contributed by atoms with van der Waals surface area (Å²) in [4.78, 5) is 30.6. The summed E-state index contributed by atoms with van der Waals surface area (Å²) in [6, 6.07) is 9.68. The van der Waals surface area contributed by atoms with Crippen molar-refractivity contribution >= 4 is 22.8 Å². The van der Waals surface area contributed by atoms with Gasteiger partial charge >= 0.3 is 5.69 Å². The summed E-state index contributed by atoms with van der Waals surface area (Å²) in [5, 5.41) is 4.33. The van der Waals surface area contributed by atoms with Crippen LogP contribution < -0.4 is 16.7 Å². The minimum Gasteiger partial charge on any atom is -0.299 e. The van der Waals surface area contributed by atoms with Crippen LogP contribution in [0.3, 0.4) is 0 Å². The highest BCUT2D eigenvalue weighted by Crippen LogP contribution is 2.15. The van der Waals surface area contributed by atoms with Gasteiger partial charge in [0.1, 0.15) is 0 Å². The summed E-state index contributed by atoms with van der Waals surface area (Å²) < 4.78 is 2.91. The van der Waals surface area contributed by atoms with Gasteiger partial charge in [0.05, 0.1) is 5.71 Å². The standard InChI is InChI=1S/C17H18N6O2/c1-4-10-23-13-14(22(3)17(25)19-15(13)24)18-16(23)21-20-11(2)12-8-6-5-7-9-12/h4-9H,1,10H2,2-3H3,(H,18,21)(H,19,24,25). The van der Waals surface area contributed by atoms with E-state index in [4.69, 9.17) is 0 Å². The van der Waals surface area contributed by atoms with E-state index in [0.29, 0.717) is 12.5 Å². The number of allylic oxidation sites excluding steroid dienone is 1. The van der Waals surface area contributed by atoms with Crippen molar-refractivity contribution in [3.8, 4) is 0 Å². The van der Waals surface area contributed by atoms with E-state index >= 15 is 0 Å². The van der Waals surface area contributed by atoms with Crippen LogP contribution in [0.25, 0.3) is 11.2 Å². The van der Waals surface area contributed by atoms with Gasteiger partial charge in [-0.25, -0.2) is 10.2 Å². The lowest BCUT2D eigenvalue weighted by Gasteiger charge is -2.06. The van der Waals surface area contributed by atoms with Gasteiger partial charge in [-0.3, -0.25) is 18.9 Å². The Morgan fingerprint density at radius 2 is 2.08 bits per heavy atom. The van der Waals surface area contributed by atoms with Crippen LogP contribution >= 0.6 is 0 Å². The number of rotatable bonds is 5. The molecule has 3 aromatic rings. The monoisotopic (exact) mass is 338 g/mol. The van der Waals surface area contributed by atoms with E-state index in [2.05, 4.69) is 27.1 Å². The molecular weight excluding hydrogens is 320 g/mol. The first kappa shape index (κ1) is 16.4. The Kier molecular flexibility index (Phi) is 4.34. The number of hydrazone groups is 1. The molecule has 0 aliphatic carbocycles. The zero-order valence-corrected chi connectivity index (χ0v) is 14.0. The fraction of sp³-hybridized carbons (Fsp3) is 0.176. The summed E-state index contributed by atoms with van der Waals surface area (Å²) >= 11 is 0. The van der Waals surface area contributed by atoms with Crippen molar-refractivity contribution in [2.24, 2.45) is 12.1 Å². The Labute approximate surface area is 143 Å². The maximum Gasteiger partial charge on any atom is 0.329 e. The third-order valence-corrected chi connectivity index (χ3v) is 3.83. The molecule has 0 bridgehead atoms. The van der Waals surface area contributed by atoms with Crippen molar-refractivity contribution in [3.63, 3.8) is 0 Å². The summed E-state index contributed by atoms with van der Waals surface area (Å²) in [5.41, 5.74) is 4.17. The van der Waals surface area contributed by atoms with Crippen LogP contribution in [0.15, 0.2) is 57.7 Å². The average Bonchev–Trinajstić information content (AvgIpc) is 2.98. The van der Waals surface area contributed by atoms with Crippen molar-refractivity contribution in [2.75, 3.05) is 5.43 Å². The van der Waals surface area contributed by atoms with E-state index in [0.717, 1.165) is 11.3 Å². The lowest BCUT2D eigenvalue weighted by atomic mass is 10.1. The molecule has 3 rings (SSSR count). The van der Waals surface area contributed by atoms with Gasteiger partial charge in [0.2, 0.25) is 5.95 Å². The van der Waals surface area contributed by atoms with Crippen molar-refractivity contribution < 1.29 is 0 Å². The second-order valence-electron chi connectivity index (χ2n) is 5.50. The quantitative estimate of drug-likeness (QED) is 0.418. The fourth-order valence-corrected chi connectivity index (χ4v) is 2.50. The zero-order valence-electron chi connectivity index (χ0n) is 14.0. The molecule has 2 N–H and O–H groups in total. The van der Waals surface area contributed by atoms with Gasteiger partial charge in [-0.15, -0.1) is 6.58 Å². The molecule has 0 atom stereocenters. The van der Waals surface area contributed by atoms with Crippen LogP contribution in [0.4, 0.5) is 5.95 Å². The Balaban J connectivity index is 2.10. The number of aromatic amines is 1. The van der Waals surface area contributed by atoms with Crippen molar-refractivity contribution in [1.82, 2.24) is 19.1 Å². The number of aryl methyl sites for hydroxylation is 1. The lowest BCUT2D eigenvalue weighted by Crippen LogP contribution is -2.29. The number of hydrogen-bond acceptors (Lipinski definition) is 5. The van der Waals surface area contributed by atoms with Crippen molar-refractivity contribution in [2.45, 2.75) is 13.5 Å². The van der Waals surface area contributed by atoms with E-state index in [1.54, 1.807) is 17.7 Å². The highest BCUT2D eigenvalue weighted by molar-refractivity contribution is 5.99. The van der Waals surface area contributed by atoms with Gasteiger partial charge in [-0.05, 0) is 12.5 Å². The molecule has 0 unspecified atom stereocenters.